The van der Waals surface area contributed by atoms with Gasteiger partial charge in [0.1, 0.15) is 5.75 Å². The standard InChI is InChI=1S/C14H21NO2/c1-17-12-7-4-11(5-8-12)6-9-14(16)13-3-2-10-15-13/h4-5,7-8,13-16H,2-3,6,9-10H2,1H3. The van der Waals surface area contributed by atoms with E-state index in [1.807, 2.05) is 12.1 Å². The first kappa shape index (κ1) is 12.4. The minimum absolute atomic E-state index is 0.223. The number of aliphatic hydroxyl groups is 1. The van der Waals surface area contributed by atoms with Gasteiger partial charge in [0, 0.05) is 6.04 Å². The summed E-state index contributed by atoms with van der Waals surface area (Å²) in [7, 11) is 1.67. The highest BCUT2D eigenvalue weighted by molar-refractivity contribution is 5.27. The van der Waals surface area contributed by atoms with Crippen LogP contribution in [-0.2, 0) is 6.42 Å². The zero-order chi connectivity index (χ0) is 12.1. The summed E-state index contributed by atoms with van der Waals surface area (Å²) in [4.78, 5) is 0. The summed E-state index contributed by atoms with van der Waals surface area (Å²) >= 11 is 0. The lowest BCUT2D eigenvalue weighted by atomic mass is 10.0. The van der Waals surface area contributed by atoms with E-state index in [-0.39, 0.29) is 6.10 Å². The van der Waals surface area contributed by atoms with E-state index < -0.39 is 0 Å². The molecule has 3 heteroatoms. The van der Waals surface area contributed by atoms with Crippen molar-refractivity contribution in [3.05, 3.63) is 29.8 Å². The van der Waals surface area contributed by atoms with Gasteiger partial charge in [-0.25, -0.2) is 0 Å². The molecule has 94 valence electrons. The zero-order valence-electron chi connectivity index (χ0n) is 10.4. The topological polar surface area (TPSA) is 41.5 Å². The lowest BCUT2D eigenvalue weighted by Crippen LogP contribution is -2.34. The number of ether oxygens (including phenoxy) is 1. The highest BCUT2D eigenvalue weighted by atomic mass is 16.5. The molecule has 0 aliphatic carbocycles. The van der Waals surface area contributed by atoms with Crippen molar-refractivity contribution in [3.63, 3.8) is 0 Å². The molecule has 2 unspecified atom stereocenters. The van der Waals surface area contributed by atoms with E-state index in [0.29, 0.717) is 6.04 Å². The van der Waals surface area contributed by atoms with Gasteiger partial charge in [-0.3, -0.25) is 0 Å². The van der Waals surface area contributed by atoms with Crippen molar-refractivity contribution in [1.82, 2.24) is 5.32 Å². The van der Waals surface area contributed by atoms with Gasteiger partial charge in [0.25, 0.3) is 0 Å². The molecule has 2 atom stereocenters. The Hall–Kier alpha value is -1.06. The van der Waals surface area contributed by atoms with Crippen LogP contribution in [0.4, 0.5) is 0 Å². The summed E-state index contributed by atoms with van der Waals surface area (Å²) in [5, 5.41) is 13.4. The van der Waals surface area contributed by atoms with Crippen LogP contribution in [0.5, 0.6) is 5.75 Å². The molecule has 1 fully saturated rings. The molecule has 0 radical (unpaired) electrons. The first-order valence-corrected chi connectivity index (χ1v) is 6.34. The predicted octanol–water partition coefficient (Wildman–Crippen LogP) is 1.74. The van der Waals surface area contributed by atoms with E-state index in [1.165, 1.54) is 12.0 Å². The van der Waals surface area contributed by atoms with Gasteiger partial charge in [0.2, 0.25) is 0 Å². The SMILES string of the molecule is COc1ccc(CCC(O)C2CCCN2)cc1. The van der Waals surface area contributed by atoms with Gasteiger partial charge < -0.3 is 15.2 Å². The van der Waals surface area contributed by atoms with Crippen LogP contribution in [0.15, 0.2) is 24.3 Å². The number of hydrogen-bond acceptors (Lipinski definition) is 3. The highest BCUT2D eigenvalue weighted by Gasteiger charge is 2.21. The van der Waals surface area contributed by atoms with Crippen molar-refractivity contribution in [2.45, 2.75) is 37.8 Å². The third-order valence-electron chi connectivity index (χ3n) is 3.45. The number of rotatable bonds is 5. The number of methoxy groups -OCH3 is 1. The third kappa shape index (κ3) is 3.45. The van der Waals surface area contributed by atoms with Crippen LogP contribution in [0.1, 0.15) is 24.8 Å². The van der Waals surface area contributed by atoms with E-state index in [4.69, 9.17) is 4.74 Å². The van der Waals surface area contributed by atoms with Crippen molar-refractivity contribution in [3.8, 4) is 5.75 Å². The summed E-state index contributed by atoms with van der Waals surface area (Å²) in [5.74, 6) is 0.881. The monoisotopic (exact) mass is 235 g/mol. The number of nitrogens with one attached hydrogen (secondary N) is 1. The second-order valence-corrected chi connectivity index (χ2v) is 4.66. The van der Waals surface area contributed by atoms with Crippen LogP contribution < -0.4 is 10.1 Å². The summed E-state index contributed by atoms with van der Waals surface area (Å²) in [5.41, 5.74) is 1.25. The highest BCUT2D eigenvalue weighted by Crippen LogP contribution is 2.16. The molecule has 1 saturated heterocycles. The Kier molecular flexibility index (Phi) is 4.40. The van der Waals surface area contributed by atoms with E-state index in [0.717, 1.165) is 31.6 Å². The Labute approximate surface area is 103 Å². The number of aryl methyl sites for hydroxylation is 1. The number of benzene rings is 1. The Morgan fingerprint density at radius 2 is 2.18 bits per heavy atom. The van der Waals surface area contributed by atoms with Crippen molar-refractivity contribution in [2.75, 3.05) is 13.7 Å². The number of hydrogen-bond donors (Lipinski definition) is 2. The Bertz CT molecular complexity index is 331. The maximum absolute atomic E-state index is 10.0. The lowest BCUT2D eigenvalue weighted by Gasteiger charge is -2.18. The molecular formula is C14H21NO2. The van der Waals surface area contributed by atoms with Crippen molar-refractivity contribution < 1.29 is 9.84 Å². The molecule has 3 nitrogen and oxygen atoms in total. The van der Waals surface area contributed by atoms with Crippen LogP contribution in [0.2, 0.25) is 0 Å². The fourth-order valence-corrected chi connectivity index (χ4v) is 2.35. The fourth-order valence-electron chi connectivity index (χ4n) is 2.35. The third-order valence-corrected chi connectivity index (χ3v) is 3.45. The summed E-state index contributed by atoms with van der Waals surface area (Å²) < 4.78 is 5.12. The minimum atomic E-state index is -0.223. The molecular weight excluding hydrogens is 214 g/mol. The van der Waals surface area contributed by atoms with Crippen LogP contribution in [-0.4, -0.2) is 30.9 Å². The van der Waals surface area contributed by atoms with Crippen LogP contribution in [0.25, 0.3) is 0 Å². The largest absolute Gasteiger partial charge is 0.497 e. The quantitative estimate of drug-likeness (QED) is 0.817. The lowest BCUT2D eigenvalue weighted by molar-refractivity contribution is 0.127. The molecule has 2 rings (SSSR count). The second kappa shape index (κ2) is 6.03. The molecule has 1 aliphatic rings. The summed E-state index contributed by atoms with van der Waals surface area (Å²) in [6.45, 7) is 1.05. The molecule has 0 aromatic heterocycles. The smallest absolute Gasteiger partial charge is 0.118 e. The van der Waals surface area contributed by atoms with E-state index in [9.17, 15) is 5.11 Å². The number of aliphatic hydroxyl groups excluding tert-OH is 1. The molecule has 2 N–H and O–H groups in total. The molecule has 0 amide bonds. The summed E-state index contributed by atoms with van der Waals surface area (Å²) in [6, 6.07) is 8.36. The average Bonchev–Trinajstić information content (AvgIpc) is 2.90. The molecule has 17 heavy (non-hydrogen) atoms. The van der Waals surface area contributed by atoms with E-state index >= 15 is 0 Å². The molecule has 0 bridgehead atoms. The van der Waals surface area contributed by atoms with Gasteiger partial charge in [-0.05, 0) is 49.9 Å². The van der Waals surface area contributed by atoms with Gasteiger partial charge in [-0.2, -0.15) is 0 Å². The normalized spacial score (nSPS) is 21.4. The molecule has 1 aromatic rings. The first-order chi connectivity index (χ1) is 8.29. The van der Waals surface area contributed by atoms with E-state index in [2.05, 4.69) is 17.4 Å². The van der Waals surface area contributed by atoms with Gasteiger partial charge in [-0.1, -0.05) is 12.1 Å². The predicted molar refractivity (Wildman–Crippen MR) is 68.3 cm³/mol. The zero-order valence-corrected chi connectivity index (χ0v) is 10.4. The molecule has 1 aliphatic heterocycles. The molecule has 1 heterocycles. The molecule has 0 saturated carbocycles. The van der Waals surface area contributed by atoms with Crippen LogP contribution >= 0.6 is 0 Å². The molecule has 0 spiro atoms. The van der Waals surface area contributed by atoms with Gasteiger partial charge in [0.05, 0.1) is 13.2 Å². The Balaban J connectivity index is 1.80. The van der Waals surface area contributed by atoms with Gasteiger partial charge in [0.15, 0.2) is 0 Å². The van der Waals surface area contributed by atoms with Gasteiger partial charge in [-0.15, -0.1) is 0 Å². The fraction of sp³-hybridized carbons (Fsp3) is 0.571. The van der Waals surface area contributed by atoms with Crippen LogP contribution in [0, 0.1) is 0 Å². The first-order valence-electron chi connectivity index (χ1n) is 6.34. The molecule has 1 aromatic carbocycles. The minimum Gasteiger partial charge on any atom is -0.497 e. The maximum atomic E-state index is 10.0. The maximum Gasteiger partial charge on any atom is 0.118 e. The van der Waals surface area contributed by atoms with E-state index in [1.54, 1.807) is 7.11 Å². The summed E-state index contributed by atoms with van der Waals surface area (Å²) in [6.07, 6.45) is 3.81. The second-order valence-electron chi connectivity index (χ2n) is 4.66. The Morgan fingerprint density at radius 1 is 1.41 bits per heavy atom. The average molecular weight is 235 g/mol. The van der Waals surface area contributed by atoms with Crippen LogP contribution in [0.3, 0.4) is 0 Å². The van der Waals surface area contributed by atoms with Gasteiger partial charge >= 0.3 is 0 Å². The Morgan fingerprint density at radius 3 is 2.76 bits per heavy atom. The van der Waals surface area contributed by atoms with Crippen molar-refractivity contribution in [1.29, 1.82) is 0 Å². The van der Waals surface area contributed by atoms with Crippen molar-refractivity contribution in [2.24, 2.45) is 0 Å². The van der Waals surface area contributed by atoms with Crippen molar-refractivity contribution >= 4 is 0 Å².